The van der Waals surface area contributed by atoms with Crippen molar-refractivity contribution >= 4 is 0 Å². The fourth-order valence-corrected chi connectivity index (χ4v) is 1.48. The average Bonchev–Trinajstić information content (AvgIpc) is 2.65. The molecule has 2 rings (SSSR count). The zero-order valence-electron chi connectivity index (χ0n) is 9.03. The lowest BCUT2D eigenvalue weighted by Crippen LogP contribution is -1.93. The van der Waals surface area contributed by atoms with E-state index in [4.69, 9.17) is 4.74 Å². The summed E-state index contributed by atoms with van der Waals surface area (Å²) in [5.74, 6) is 0.660. The summed E-state index contributed by atoms with van der Waals surface area (Å²) >= 11 is 0. The Bertz CT molecular complexity index is 476. The van der Waals surface area contributed by atoms with Crippen LogP contribution in [-0.4, -0.2) is 22.3 Å². The van der Waals surface area contributed by atoms with Gasteiger partial charge >= 0.3 is 0 Å². The predicted molar refractivity (Wildman–Crippen MR) is 57.8 cm³/mol. The van der Waals surface area contributed by atoms with Gasteiger partial charge in [0.25, 0.3) is 0 Å². The third kappa shape index (κ3) is 1.70. The van der Waals surface area contributed by atoms with Crippen LogP contribution in [0.2, 0.25) is 0 Å². The highest BCUT2D eigenvalue weighted by atomic mass is 16.5. The van der Waals surface area contributed by atoms with E-state index in [1.165, 1.54) is 0 Å². The van der Waals surface area contributed by atoms with Crippen LogP contribution in [0.1, 0.15) is 11.3 Å². The van der Waals surface area contributed by atoms with E-state index in [-0.39, 0.29) is 0 Å². The van der Waals surface area contributed by atoms with Gasteiger partial charge in [0.2, 0.25) is 5.88 Å². The fraction of sp³-hybridized carbons (Fsp3) is 0.273. The van der Waals surface area contributed by atoms with E-state index in [0.29, 0.717) is 5.88 Å². The molecule has 0 aromatic carbocycles. The number of nitrogens with zero attached hydrogens (tertiary/aromatic N) is 2. The van der Waals surface area contributed by atoms with E-state index in [1.54, 1.807) is 13.3 Å². The number of H-pyrrole nitrogens is 1. The molecule has 0 saturated carbocycles. The van der Waals surface area contributed by atoms with Gasteiger partial charge in [-0.2, -0.15) is 5.10 Å². The van der Waals surface area contributed by atoms with E-state index >= 15 is 0 Å². The Hall–Kier alpha value is -1.84. The van der Waals surface area contributed by atoms with Gasteiger partial charge in [-0.25, -0.2) is 4.98 Å². The monoisotopic (exact) mass is 203 g/mol. The van der Waals surface area contributed by atoms with Crippen LogP contribution >= 0.6 is 0 Å². The number of ether oxygens (including phenoxy) is 1. The summed E-state index contributed by atoms with van der Waals surface area (Å²) in [4.78, 5) is 4.41. The summed E-state index contributed by atoms with van der Waals surface area (Å²) in [6.45, 7) is 3.94. The van der Waals surface area contributed by atoms with Crippen LogP contribution < -0.4 is 4.74 Å². The smallest absolute Gasteiger partial charge is 0.216 e. The first kappa shape index (κ1) is 9.71. The van der Waals surface area contributed by atoms with Crippen molar-refractivity contribution in [1.29, 1.82) is 0 Å². The van der Waals surface area contributed by atoms with Gasteiger partial charge in [-0.05, 0) is 19.9 Å². The number of methoxy groups -OCH3 is 1. The van der Waals surface area contributed by atoms with Gasteiger partial charge in [-0.3, -0.25) is 5.10 Å². The summed E-state index contributed by atoms with van der Waals surface area (Å²) in [6.07, 6.45) is 1.77. The van der Waals surface area contributed by atoms with Crippen molar-refractivity contribution in [2.45, 2.75) is 13.8 Å². The van der Waals surface area contributed by atoms with E-state index in [0.717, 1.165) is 22.5 Å². The first-order valence-corrected chi connectivity index (χ1v) is 4.74. The molecule has 0 radical (unpaired) electrons. The lowest BCUT2D eigenvalue weighted by atomic mass is 10.1. The van der Waals surface area contributed by atoms with Crippen LogP contribution in [-0.2, 0) is 0 Å². The van der Waals surface area contributed by atoms with Crippen LogP contribution in [0.3, 0.4) is 0 Å². The second kappa shape index (κ2) is 3.73. The molecule has 0 atom stereocenters. The number of aromatic amines is 1. The number of hydrogen-bond donors (Lipinski definition) is 1. The summed E-state index contributed by atoms with van der Waals surface area (Å²) in [5.41, 5.74) is 3.92. The van der Waals surface area contributed by atoms with Crippen LogP contribution in [0, 0.1) is 13.8 Å². The Morgan fingerprint density at radius 3 is 2.67 bits per heavy atom. The number of rotatable bonds is 2. The molecule has 0 unspecified atom stereocenters. The minimum atomic E-state index is 0.660. The molecule has 0 spiro atoms. The molecule has 0 aliphatic carbocycles. The van der Waals surface area contributed by atoms with Crippen LogP contribution in [0.4, 0.5) is 0 Å². The summed E-state index contributed by atoms with van der Waals surface area (Å²) in [5, 5.41) is 6.86. The summed E-state index contributed by atoms with van der Waals surface area (Å²) in [6, 6.07) is 3.96. The molecule has 2 aromatic rings. The van der Waals surface area contributed by atoms with Gasteiger partial charge < -0.3 is 4.74 Å². The maximum Gasteiger partial charge on any atom is 0.216 e. The maximum atomic E-state index is 5.18. The highest BCUT2D eigenvalue weighted by molar-refractivity contribution is 5.61. The molecule has 2 aromatic heterocycles. The lowest BCUT2D eigenvalue weighted by Gasteiger charge is -2.05. The SMILES string of the molecule is COc1nc(-c2cn[nH]c2C)ccc1C. The number of aromatic nitrogens is 3. The molecule has 0 saturated heterocycles. The van der Waals surface area contributed by atoms with Crippen molar-refractivity contribution in [2.24, 2.45) is 0 Å². The zero-order chi connectivity index (χ0) is 10.8. The molecule has 4 nitrogen and oxygen atoms in total. The van der Waals surface area contributed by atoms with E-state index in [1.807, 2.05) is 26.0 Å². The fourth-order valence-electron chi connectivity index (χ4n) is 1.48. The minimum absolute atomic E-state index is 0.660. The molecule has 0 fully saturated rings. The van der Waals surface area contributed by atoms with Crippen LogP contribution in [0.5, 0.6) is 5.88 Å². The topological polar surface area (TPSA) is 50.8 Å². The second-order valence-corrected chi connectivity index (χ2v) is 3.43. The van der Waals surface area contributed by atoms with Crippen molar-refractivity contribution in [3.63, 3.8) is 0 Å². The quantitative estimate of drug-likeness (QED) is 0.813. The Balaban J connectivity index is 2.51. The molecule has 2 heterocycles. The molecule has 78 valence electrons. The molecular formula is C11H13N3O. The summed E-state index contributed by atoms with van der Waals surface area (Å²) < 4.78 is 5.18. The van der Waals surface area contributed by atoms with Gasteiger partial charge in [0, 0.05) is 16.8 Å². The van der Waals surface area contributed by atoms with Crippen LogP contribution in [0.25, 0.3) is 11.3 Å². The summed E-state index contributed by atoms with van der Waals surface area (Å²) in [7, 11) is 1.63. The Kier molecular flexibility index (Phi) is 2.41. The molecule has 1 N–H and O–H groups in total. The third-order valence-corrected chi connectivity index (χ3v) is 2.35. The van der Waals surface area contributed by atoms with Crippen molar-refractivity contribution in [2.75, 3.05) is 7.11 Å². The first-order valence-electron chi connectivity index (χ1n) is 4.74. The van der Waals surface area contributed by atoms with E-state index < -0.39 is 0 Å². The maximum absolute atomic E-state index is 5.18. The molecular weight excluding hydrogens is 190 g/mol. The highest BCUT2D eigenvalue weighted by Crippen LogP contribution is 2.23. The zero-order valence-corrected chi connectivity index (χ0v) is 9.03. The van der Waals surface area contributed by atoms with Gasteiger partial charge in [-0.1, -0.05) is 6.07 Å². The molecule has 0 bridgehead atoms. The molecule has 0 amide bonds. The Labute approximate surface area is 88.3 Å². The minimum Gasteiger partial charge on any atom is -0.481 e. The standard InChI is InChI=1S/C11H13N3O/c1-7-4-5-10(13-11(7)15-3)9-6-12-14-8(9)2/h4-6H,1-3H3,(H,12,14). The second-order valence-electron chi connectivity index (χ2n) is 3.43. The molecule has 0 aliphatic heterocycles. The van der Waals surface area contributed by atoms with Crippen LogP contribution in [0.15, 0.2) is 18.3 Å². The Morgan fingerprint density at radius 1 is 1.27 bits per heavy atom. The van der Waals surface area contributed by atoms with Crippen molar-refractivity contribution < 1.29 is 4.74 Å². The molecule has 0 aliphatic rings. The van der Waals surface area contributed by atoms with Gasteiger partial charge in [0.1, 0.15) is 0 Å². The van der Waals surface area contributed by atoms with Crippen molar-refractivity contribution in [1.82, 2.24) is 15.2 Å². The van der Waals surface area contributed by atoms with Crippen molar-refractivity contribution in [3.8, 4) is 17.1 Å². The number of pyridine rings is 1. The van der Waals surface area contributed by atoms with E-state index in [2.05, 4.69) is 15.2 Å². The third-order valence-electron chi connectivity index (χ3n) is 2.35. The van der Waals surface area contributed by atoms with Gasteiger partial charge in [0.15, 0.2) is 0 Å². The Morgan fingerprint density at radius 2 is 2.07 bits per heavy atom. The number of aryl methyl sites for hydroxylation is 2. The molecule has 15 heavy (non-hydrogen) atoms. The normalized spacial score (nSPS) is 10.3. The largest absolute Gasteiger partial charge is 0.481 e. The number of hydrogen-bond acceptors (Lipinski definition) is 3. The average molecular weight is 203 g/mol. The van der Waals surface area contributed by atoms with Gasteiger partial charge in [0.05, 0.1) is 19.0 Å². The van der Waals surface area contributed by atoms with Crippen molar-refractivity contribution in [3.05, 3.63) is 29.6 Å². The predicted octanol–water partition coefficient (Wildman–Crippen LogP) is 2.10. The number of nitrogens with one attached hydrogen (secondary N) is 1. The van der Waals surface area contributed by atoms with E-state index in [9.17, 15) is 0 Å². The molecule has 4 heteroatoms. The van der Waals surface area contributed by atoms with Gasteiger partial charge in [-0.15, -0.1) is 0 Å². The highest BCUT2D eigenvalue weighted by Gasteiger charge is 2.07. The first-order chi connectivity index (χ1) is 7.22. The lowest BCUT2D eigenvalue weighted by molar-refractivity contribution is 0.395.